The van der Waals surface area contributed by atoms with Crippen molar-refractivity contribution in [2.24, 2.45) is 7.05 Å². The number of aromatic nitrogens is 2. The van der Waals surface area contributed by atoms with Crippen molar-refractivity contribution in [1.29, 1.82) is 0 Å². The van der Waals surface area contributed by atoms with Crippen LogP contribution >= 0.6 is 11.6 Å². The zero-order valence-corrected chi connectivity index (χ0v) is 14.9. The Bertz CT molecular complexity index is 717. The number of hydrogen-bond acceptors (Lipinski definition) is 3. The summed E-state index contributed by atoms with van der Waals surface area (Å²) in [5.74, 6) is 0.882. The third-order valence-corrected chi connectivity index (χ3v) is 3.67. The number of rotatable bonds is 4. The van der Waals surface area contributed by atoms with Gasteiger partial charge in [-0.1, -0.05) is 38.4 Å². The van der Waals surface area contributed by atoms with Crippen LogP contribution in [0.15, 0.2) is 24.3 Å². The molecule has 0 unspecified atom stereocenters. The van der Waals surface area contributed by atoms with Crippen molar-refractivity contribution in [2.45, 2.75) is 33.1 Å². The number of nitrogens with zero attached hydrogens (tertiary/aromatic N) is 2. The Morgan fingerprint density at radius 1 is 1.35 bits per heavy atom. The Balaban J connectivity index is 2.00. The van der Waals surface area contributed by atoms with E-state index in [9.17, 15) is 4.79 Å². The fourth-order valence-corrected chi connectivity index (χ4v) is 2.17. The fourth-order valence-electron chi connectivity index (χ4n) is 1.99. The van der Waals surface area contributed by atoms with Gasteiger partial charge in [-0.25, -0.2) is 0 Å². The van der Waals surface area contributed by atoms with Gasteiger partial charge in [0.1, 0.15) is 11.6 Å². The van der Waals surface area contributed by atoms with E-state index >= 15 is 0 Å². The average molecular weight is 336 g/mol. The molecule has 1 N–H and O–H groups in total. The van der Waals surface area contributed by atoms with E-state index in [-0.39, 0.29) is 17.9 Å². The molecule has 0 saturated heterocycles. The molecule has 0 saturated carbocycles. The maximum absolute atomic E-state index is 12.1. The first-order valence-electron chi connectivity index (χ1n) is 7.40. The van der Waals surface area contributed by atoms with Crippen LogP contribution in [0.5, 0.6) is 5.75 Å². The number of anilines is 1. The van der Waals surface area contributed by atoms with Crippen LogP contribution in [0.3, 0.4) is 0 Å². The monoisotopic (exact) mass is 335 g/mol. The molecule has 1 amide bonds. The highest BCUT2D eigenvalue weighted by molar-refractivity contribution is 6.32. The maximum atomic E-state index is 12.1. The van der Waals surface area contributed by atoms with Gasteiger partial charge in [-0.3, -0.25) is 9.48 Å². The minimum Gasteiger partial charge on any atom is -0.482 e. The van der Waals surface area contributed by atoms with Gasteiger partial charge in [0.05, 0.1) is 10.7 Å². The Morgan fingerprint density at radius 3 is 2.65 bits per heavy atom. The topological polar surface area (TPSA) is 56.1 Å². The maximum Gasteiger partial charge on any atom is 0.263 e. The second kappa shape index (κ2) is 6.62. The zero-order valence-electron chi connectivity index (χ0n) is 14.1. The summed E-state index contributed by atoms with van der Waals surface area (Å²) in [7, 11) is 1.79. The van der Waals surface area contributed by atoms with Crippen molar-refractivity contribution < 1.29 is 9.53 Å². The van der Waals surface area contributed by atoms with Gasteiger partial charge in [-0.05, 0) is 24.6 Å². The molecule has 1 aromatic carbocycles. The molecule has 0 radical (unpaired) electrons. The summed E-state index contributed by atoms with van der Waals surface area (Å²) >= 11 is 6.05. The molecule has 0 spiro atoms. The summed E-state index contributed by atoms with van der Waals surface area (Å²) in [6.45, 7) is 8.05. The van der Waals surface area contributed by atoms with Crippen molar-refractivity contribution in [1.82, 2.24) is 9.78 Å². The number of benzene rings is 1. The summed E-state index contributed by atoms with van der Waals surface area (Å²) in [6.07, 6.45) is 0. The van der Waals surface area contributed by atoms with Crippen molar-refractivity contribution in [3.8, 4) is 5.75 Å². The minimum atomic E-state index is -0.258. The SMILES string of the molecule is Cc1ccc(Cl)c(OCC(=O)Nc2cc(C(C)(C)C)nn2C)c1. The summed E-state index contributed by atoms with van der Waals surface area (Å²) < 4.78 is 7.14. The molecule has 0 bridgehead atoms. The molecule has 0 atom stereocenters. The quantitative estimate of drug-likeness (QED) is 0.927. The first-order chi connectivity index (χ1) is 10.7. The molecule has 1 aromatic heterocycles. The lowest BCUT2D eigenvalue weighted by Crippen LogP contribution is -2.21. The highest BCUT2D eigenvalue weighted by Crippen LogP contribution is 2.25. The molecule has 124 valence electrons. The smallest absolute Gasteiger partial charge is 0.263 e. The third kappa shape index (κ3) is 4.48. The van der Waals surface area contributed by atoms with Crippen LogP contribution in [-0.2, 0) is 17.3 Å². The number of halogens is 1. The Hall–Kier alpha value is -2.01. The Kier molecular flexibility index (Phi) is 5.00. The summed E-state index contributed by atoms with van der Waals surface area (Å²) in [6, 6.07) is 7.31. The van der Waals surface area contributed by atoms with Gasteiger partial charge in [0.25, 0.3) is 5.91 Å². The predicted octanol–water partition coefficient (Wildman–Crippen LogP) is 3.70. The van der Waals surface area contributed by atoms with E-state index in [2.05, 4.69) is 31.2 Å². The van der Waals surface area contributed by atoms with Gasteiger partial charge in [-0.15, -0.1) is 0 Å². The molecule has 2 rings (SSSR count). The van der Waals surface area contributed by atoms with Gasteiger partial charge in [0, 0.05) is 18.5 Å². The van der Waals surface area contributed by atoms with Crippen molar-refractivity contribution in [3.63, 3.8) is 0 Å². The zero-order chi connectivity index (χ0) is 17.2. The lowest BCUT2D eigenvalue weighted by Gasteiger charge is -2.13. The van der Waals surface area contributed by atoms with Crippen LogP contribution in [0.1, 0.15) is 32.0 Å². The molecule has 5 nitrogen and oxygen atoms in total. The third-order valence-electron chi connectivity index (χ3n) is 3.36. The van der Waals surface area contributed by atoms with Gasteiger partial charge < -0.3 is 10.1 Å². The highest BCUT2D eigenvalue weighted by atomic mass is 35.5. The van der Waals surface area contributed by atoms with Crippen LogP contribution < -0.4 is 10.1 Å². The highest BCUT2D eigenvalue weighted by Gasteiger charge is 2.19. The molecule has 6 heteroatoms. The molecule has 0 aliphatic rings. The Morgan fingerprint density at radius 2 is 2.04 bits per heavy atom. The van der Waals surface area contributed by atoms with E-state index in [4.69, 9.17) is 16.3 Å². The van der Waals surface area contributed by atoms with Crippen molar-refractivity contribution >= 4 is 23.3 Å². The number of carbonyl (C=O) groups excluding carboxylic acids is 1. The van der Waals surface area contributed by atoms with Crippen LogP contribution in [-0.4, -0.2) is 22.3 Å². The van der Waals surface area contributed by atoms with Gasteiger partial charge in [0.15, 0.2) is 6.61 Å². The van der Waals surface area contributed by atoms with E-state index in [1.54, 1.807) is 23.9 Å². The molecule has 1 heterocycles. The van der Waals surface area contributed by atoms with Crippen LogP contribution in [0.4, 0.5) is 5.82 Å². The number of ether oxygens (including phenoxy) is 1. The molecular weight excluding hydrogens is 314 g/mol. The van der Waals surface area contributed by atoms with Gasteiger partial charge in [-0.2, -0.15) is 5.10 Å². The normalized spacial score (nSPS) is 11.4. The van der Waals surface area contributed by atoms with E-state index < -0.39 is 0 Å². The van der Waals surface area contributed by atoms with E-state index in [0.717, 1.165) is 11.3 Å². The summed E-state index contributed by atoms with van der Waals surface area (Å²) in [5, 5.41) is 7.70. The molecule has 2 aromatic rings. The summed E-state index contributed by atoms with van der Waals surface area (Å²) in [4.78, 5) is 12.1. The molecule has 0 fully saturated rings. The lowest BCUT2D eigenvalue weighted by molar-refractivity contribution is -0.118. The number of carbonyl (C=O) groups is 1. The molecule has 23 heavy (non-hydrogen) atoms. The van der Waals surface area contributed by atoms with Gasteiger partial charge >= 0.3 is 0 Å². The number of nitrogens with one attached hydrogen (secondary N) is 1. The van der Waals surface area contributed by atoms with E-state index in [1.165, 1.54) is 0 Å². The molecular formula is C17H22ClN3O2. The second-order valence-corrected chi connectivity index (χ2v) is 6.97. The fraction of sp³-hybridized carbons (Fsp3) is 0.412. The average Bonchev–Trinajstić information content (AvgIpc) is 2.81. The standard InChI is InChI=1S/C17H22ClN3O2/c1-11-6-7-12(18)13(8-11)23-10-16(22)19-15-9-14(17(2,3)4)20-21(15)5/h6-9H,10H2,1-5H3,(H,19,22). The second-order valence-electron chi connectivity index (χ2n) is 6.56. The molecule has 0 aliphatic heterocycles. The summed E-state index contributed by atoms with van der Waals surface area (Å²) in [5.41, 5.74) is 1.86. The first kappa shape index (κ1) is 17.3. The van der Waals surface area contributed by atoms with Crippen molar-refractivity contribution in [3.05, 3.63) is 40.5 Å². The lowest BCUT2D eigenvalue weighted by atomic mass is 9.92. The first-order valence-corrected chi connectivity index (χ1v) is 7.78. The predicted molar refractivity (Wildman–Crippen MR) is 92.2 cm³/mol. The molecule has 0 aliphatic carbocycles. The van der Waals surface area contributed by atoms with Gasteiger partial charge in [0.2, 0.25) is 0 Å². The number of hydrogen-bond donors (Lipinski definition) is 1. The largest absolute Gasteiger partial charge is 0.482 e. The number of amides is 1. The van der Waals surface area contributed by atoms with Crippen LogP contribution in [0.2, 0.25) is 5.02 Å². The number of aryl methyl sites for hydroxylation is 2. The van der Waals surface area contributed by atoms with E-state index in [1.807, 2.05) is 19.1 Å². The van der Waals surface area contributed by atoms with E-state index in [0.29, 0.717) is 16.6 Å². The Labute approximate surface area is 141 Å². The van der Waals surface area contributed by atoms with Crippen molar-refractivity contribution in [2.75, 3.05) is 11.9 Å². The van der Waals surface area contributed by atoms with Crippen LogP contribution in [0.25, 0.3) is 0 Å². The minimum absolute atomic E-state index is 0.0771. The van der Waals surface area contributed by atoms with Crippen LogP contribution in [0, 0.1) is 6.92 Å².